The van der Waals surface area contributed by atoms with Crippen LogP contribution in [0.2, 0.25) is 0 Å². The molecule has 0 heterocycles. The third kappa shape index (κ3) is 4.43. The summed E-state index contributed by atoms with van der Waals surface area (Å²) in [6.07, 6.45) is 0.485. The second-order valence-electron chi connectivity index (χ2n) is 3.43. The van der Waals surface area contributed by atoms with Crippen LogP contribution in [0.5, 0.6) is 0 Å². The summed E-state index contributed by atoms with van der Waals surface area (Å²) in [5.74, 6) is -0.513. The Morgan fingerprint density at radius 3 is 2.18 bits per heavy atom. The van der Waals surface area contributed by atoms with Crippen LogP contribution in [0.15, 0.2) is 30.3 Å². The molecule has 0 unspecified atom stereocenters. The number of nitrogens with zero attached hydrogens (tertiary/aromatic N) is 1. The molecule has 1 aromatic rings. The second-order valence-corrected chi connectivity index (χ2v) is 5.37. The van der Waals surface area contributed by atoms with Crippen molar-refractivity contribution in [2.24, 2.45) is 0 Å². The molecule has 0 aliphatic carbocycles. The summed E-state index contributed by atoms with van der Waals surface area (Å²) in [5.41, 5.74) is 0.392. The third-order valence-corrected chi connectivity index (χ3v) is 3.97. The van der Waals surface area contributed by atoms with Gasteiger partial charge in [0.1, 0.15) is 0 Å². The number of carbonyl (C=O) groups excluding carboxylic acids is 1. The summed E-state index contributed by atoms with van der Waals surface area (Å²) in [6, 6.07) is 8.39. The predicted octanol–water partition coefficient (Wildman–Crippen LogP) is 1.40. The van der Waals surface area contributed by atoms with E-state index in [1.165, 1.54) is 6.92 Å². The van der Waals surface area contributed by atoms with Crippen LogP contribution >= 0.6 is 0 Å². The molecule has 0 aliphatic rings. The molecule has 0 fully saturated rings. The summed E-state index contributed by atoms with van der Waals surface area (Å²) in [7, 11) is -3.54. The van der Waals surface area contributed by atoms with E-state index in [2.05, 4.69) is 0 Å². The van der Waals surface area contributed by atoms with Crippen LogP contribution in [0.3, 0.4) is 0 Å². The van der Waals surface area contributed by atoms with E-state index >= 15 is 0 Å². The Hall–Kier alpha value is -0.360. The van der Waals surface area contributed by atoms with Crippen LogP contribution < -0.4 is 4.31 Å². The minimum Gasteiger partial charge on any atom is -0.274 e. The number of anilines is 1. The van der Waals surface area contributed by atoms with E-state index in [4.69, 9.17) is 0 Å². The molecule has 17 heavy (non-hydrogen) atoms. The number of hydrogen-bond acceptors (Lipinski definition) is 3. The van der Waals surface area contributed by atoms with Gasteiger partial charge >= 0.3 is 0 Å². The molecule has 0 aromatic heterocycles. The number of rotatable bonds is 4. The molecule has 0 aliphatic heterocycles. The van der Waals surface area contributed by atoms with Gasteiger partial charge in [0.15, 0.2) is 0 Å². The first kappa shape index (κ1) is 16.6. The fourth-order valence-electron chi connectivity index (χ4n) is 1.45. The van der Waals surface area contributed by atoms with Crippen LogP contribution in [0.1, 0.15) is 20.3 Å². The van der Waals surface area contributed by atoms with Gasteiger partial charge in [-0.15, -0.1) is 0 Å². The van der Waals surface area contributed by atoms with Gasteiger partial charge in [-0.25, -0.2) is 12.7 Å². The maximum Gasteiger partial charge on any atom is 0.241 e. The number of para-hydroxylation sites is 1. The maximum atomic E-state index is 11.9. The second kappa shape index (κ2) is 7.16. The van der Waals surface area contributed by atoms with Crippen molar-refractivity contribution >= 4 is 51.2 Å². The zero-order chi connectivity index (χ0) is 12.2. The largest absolute Gasteiger partial charge is 0.274 e. The molecule has 0 atom stereocenters. The quantitative estimate of drug-likeness (QED) is 0.772. The van der Waals surface area contributed by atoms with Gasteiger partial charge in [-0.3, -0.25) is 4.79 Å². The Morgan fingerprint density at radius 1 is 1.24 bits per heavy atom. The maximum absolute atomic E-state index is 11.9. The van der Waals surface area contributed by atoms with E-state index in [1.54, 1.807) is 37.3 Å². The normalized spacial score (nSPS) is 10.5. The molecule has 1 radical (unpaired) electrons. The van der Waals surface area contributed by atoms with Gasteiger partial charge < -0.3 is 0 Å². The van der Waals surface area contributed by atoms with E-state index in [0.717, 1.165) is 4.31 Å². The first-order valence-electron chi connectivity index (χ1n) is 5.07. The molecule has 0 saturated carbocycles. The molecule has 1 rings (SSSR count). The van der Waals surface area contributed by atoms with Crippen LogP contribution in [0, 0.1) is 0 Å². The molecule has 1 amide bonds. The van der Waals surface area contributed by atoms with Gasteiger partial charge in [0.05, 0.1) is 11.4 Å². The van der Waals surface area contributed by atoms with Crippen molar-refractivity contribution in [1.29, 1.82) is 0 Å². The van der Waals surface area contributed by atoms with Crippen LogP contribution in [0.4, 0.5) is 5.69 Å². The average Bonchev–Trinajstić information content (AvgIpc) is 2.17. The monoisotopic (exact) mass is 264 g/mol. The topological polar surface area (TPSA) is 54.5 Å². The fourth-order valence-corrected chi connectivity index (χ4v) is 2.98. The Bertz CT molecular complexity index is 459. The number of amides is 1. The van der Waals surface area contributed by atoms with Gasteiger partial charge in [0.25, 0.3) is 0 Å². The molecular weight excluding hydrogens is 249 g/mol. The number of sulfonamides is 1. The first-order valence-corrected chi connectivity index (χ1v) is 6.68. The average molecular weight is 264 g/mol. The van der Waals surface area contributed by atoms with E-state index < -0.39 is 15.9 Å². The van der Waals surface area contributed by atoms with E-state index in [0.29, 0.717) is 12.1 Å². The zero-order valence-corrected chi connectivity index (χ0v) is 13.2. The summed E-state index contributed by atoms with van der Waals surface area (Å²) in [4.78, 5) is 11.4. The number of carbonyl (C=O) groups is 1. The number of benzene rings is 1. The van der Waals surface area contributed by atoms with Crippen molar-refractivity contribution in [1.82, 2.24) is 0 Å². The first-order chi connectivity index (χ1) is 7.49. The summed E-state index contributed by atoms with van der Waals surface area (Å²) >= 11 is 0. The standard InChI is InChI=1S/C11H15NO3S.Na/c1-3-9-16(14,15)12(10(2)13)11-7-5-4-6-8-11;/h4-8H,3,9H2,1-2H3;. The Labute approximate surface area is 124 Å². The molecule has 0 spiro atoms. The molecule has 0 bridgehead atoms. The Balaban J connectivity index is 0.00000256. The summed E-state index contributed by atoms with van der Waals surface area (Å²) in [5, 5.41) is 0. The van der Waals surface area contributed by atoms with Gasteiger partial charge in [0.2, 0.25) is 15.9 Å². The van der Waals surface area contributed by atoms with Crippen molar-refractivity contribution in [3.63, 3.8) is 0 Å². The van der Waals surface area contributed by atoms with Crippen molar-refractivity contribution in [2.75, 3.05) is 10.1 Å². The van der Waals surface area contributed by atoms with Gasteiger partial charge in [0, 0.05) is 36.5 Å². The third-order valence-electron chi connectivity index (χ3n) is 2.02. The molecular formula is C11H15NNaO3S. The van der Waals surface area contributed by atoms with Crippen molar-refractivity contribution < 1.29 is 13.2 Å². The predicted molar refractivity (Wildman–Crippen MR) is 69.4 cm³/mol. The zero-order valence-electron chi connectivity index (χ0n) is 10.4. The minimum absolute atomic E-state index is 0. The molecule has 0 saturated heterocycles. The van der Waals surface area contributed by atoms with Gasteiger partial charge in [-0.2, -0.15) is 0 Å². The van der Waals surface area contributed by atoms with Crippen molar-refractivity contribution in [3.8, 4) is 0 Å². The van der Waals surface area contributed by atoms with E-state index in [9.17, 15) is 13.2 Å². The summed E-state index contributed by atoms with van der Waals surface area (Å²) < 4.78 is 24.6. The molecule has 89 valence electrons. The van der Waals surface area contributed by atoms with Crippen molar-refractivity contribution in [3.05, 3.63) is 30.3 Å². The minimum atomic E-state index is -3.54. The van der Waals surface area contributed by atoms with Crippen LogP contribution in [-0.4, -0.2) is 49.6 Å². The van der Waals surface area contributed by atoms with Gasteiger partial charge in [-0.1, -0.05) is 25.1 Å². The smallest absolute Gasteiger partial charge is 0.241 e. The number of hydrogen-bond donors (Lipinski definition) is 0. The fraction of sp³-hybridized carbons (Fsp3) is 0.364. The van der Waals surface area contributed by atoms with Crippen LogP contribution in [0.25, 0.3) is 0 Å². The molecule has 4 nitrogen and oxygen atoms in total. The van der Waals surface area contributed by atoms with E-state index in [1.807, 2.05) is 0 Å². The molecule has 1 aromatic carbocycles. The van der Waals surface area contributed by atoms with Crippen molar-refractivity contribution in [2.45, 2.75) is 20.3 Å². The summed E-state index contributed by atoms with van der Waals surface area (Å²) in [6.45, 7) is 3.01. The Morgan fingerprint density at radius 2 is 1.76 bits per heavy atom. The van der Waals surface area contributed by atoms with E-state index in [-0.39, 0.29) is 35.3 Å². The van der Waals surface area contributed by atoms with Gasteiger partial charge in [-0.05, 0) is 18.6 Å². The molecule has 0 N–H and O–H groups in total. The van der Waals surface area contributed by atoms with Crippen LogP contribution in [-0.2, 0) is 14.8 Å². The molecule has 6 heteroatoms. The SMILES string of the molecule is CCCS(=O)(=O)N(C(C)=O)c1ccccc1.[Na]. The Kier molecular flexibility index (Phi) is 7.01.